The summed E-state index contributed by atoms with van der Waals surface area (Å²) in [5.41, 5.74) is 0.241. The number of nitrogens with zero attached hydrogens (tertiary/aromatic N) is 2. The first-order valence-electron chi connectivity index (χ1n) is 10.4. The predicted molar refractivity (Wildman–Crippen MR) is 123 cm³/mol. The highest BCUT2D eigenvalue weighted by Gasteiger charge is 2.32. The van der Waals surface area contributed by atoms with Crippen LogP contribution in [0.25, 0.3) is 0 Å². The van der Waals surface area contributed by atoms with Crippen molar-refractivity contribution in [1.82, 2.24) is 15.1 Å². The average Bonchev–Trinajstić information content (AvgIpc) is 3.24. The summed E-state index contributed by atoms with van der Waals surface area (Å²) in [6.07, 6.45) is -2.24. The topological polar surface area (TPSA) is 61.9 Å². The molecule has 2 amide bonds. The zero-order valence-corrected chi connectivity index (χ0v) is 19.8. The lowest BCUT2D eigenvalue weighted by atomic mass is 10.2. The fraction of sp³-hybridized carbons (Fsp3) is 0.455. The van der Waals surface area contributed by atoms with E-state index in [4.69, 9.17) is 0 Å². The van der Waals surface area contributed by atoms with Crippen molar-refractivity contribution in [2.45, 2.75) is 25.9 Å². The van der Waals surface area contributed by atoms with Gasteiger partial charge in [0.1, 0.15) is 5.75 Å². The molecule has 1 aliphatic heterocycles. The number of benzene rings is 1. The minimum absolute atomic E-state index is 0.0785. The van der Waals surface area contributed by atoms with E-state index in [9.17, 15) is 22.8 Å². The third kappa shape index (κ3) is 7.94. The summed E-state index contributed by atoms with van der Waals surface area (Å²) in [7, 11) is 0. The van der Waals surface area contributed by atoms with Gasteiger partial charge in [0, 0.05) is 61.9 Å². The average molecular weight is 502 g/mol. The number of hydrogen-bond acceptors (Lipinski definition) is 6. The van der Waals surface area contributed by atoms with Crippen molar-refractivity contribution < 1.29 is 27.5 Å². The van der Waals surface area contributed by atoms with Crippen LogP contribution in [0.2, 0.25) is 0 Å². The second-order valence-electron chi connectivity index (χ2n) is 7.50. The van der Waals surface area contributed by atoms with E-state index in [1.807, 2.05) is 17.2 Å². The van der Waals surface area contributed by atoms with Gasteiger partial charge in [-0.3, -0.25) is 14.5 Å². The second-order valence-corrected chi connectivity index (χ2v) is 9.66. The maximum Gasteiger partial charge on any atom is 0.573 e. The van der Waals surface area contributed by atoms with Gasteiger partial charge in [-0.15, -0.1) is 24.5 Å². The summed E-state index contributed by atoms with van der Waals surface area (Å²) in [5.74, 6) is 0.349. The van der Waals surface area contributed by atoms with Crippen LogP contribution in [0.15, 0.2) is 36.4 Å². The van der Waals surface area contributed by atoms with Crippen molar-refractivity contribution >= 4 is 34.9 Å². The Balaban J connectivity index is 1.48. The van der Waals surface area contributed by atoms with Crippen LogP contribution in [0.1, 0.15) is 26.5 Å². The molecule has 1 N–H and O–H groups in total. The quantitative estimate of drug-likeness (QED) is 0.564. The van der Waals surface area contributed by atoms with Crippen LogP contribution in [-0.4, -0.2) is 66.2 Å². The predicted octanol–water partition coefficient (Wildman–Crippen LogP) is 3.97. The molecule has 0 atom stereocenters. The van der Waals surface area contributed by atoms with Crippen molar-refractivity contribution in [2.24, 2.45) is 0 Å². The lowest BCUT2D eigenvalue weighted by Crippen LogP contribution is -2.48. The van der Waals surface area contributed by atoms with Gasteiger partial charge in [-0.2, -0.15) is 11.8 Å². The SMILES string of the molecule is CSCCC(=O)N1CCN(Cc2ccc(C(=O)NCc3ccccc3OC(F)(F)F)s2)CC1. The number of halogens is 3. The number of carbonyl (C=O) groups is 2. The normalized spacial score (nSPS) is 14.8. The van der Waals surface area contributed by atoms with E-state index < -0.39 is 6.36 Å². The Morgan fingerprint density at radius 1 is 1.12 bits per heavy atom. The molecule has 1 saturated heterocycles. The standard InChI is InChI=1S/C22H26F3N3O3S2/c1-32-13-8-20(29)28-11-9-27(10-12-28)15-17-6-7-19(33-17)21(30)26-14-16-4-2-3-5-18(16)31-22(23,24)25/h2-7H,8-15H2,1H3,(H,26,30). The number of amides is 2. The molecule has 0 aliphatic carbocycles. The highest BCUT2D eigenvalue weighted by atomic mass is 32.2. The van der Waals surface area contributed by atoms with Gasteiger partial charge in [0.05, 0.1) is 4.88 Å². The zero-order valence-electron chi connectivity index (χ0n) is 18.2. The molecule has 180 valence electrons. The Hall–Kier alpha value is -2.24. The van der Waals surface area contributed by atoms with Crippen LogP contribution < -0.4 is 10.1 Å². The molecular weight excluding hydrogens is 475 g/mol. The van der Waals surface area contributed by atoms with Gasteiger partial charge in [0.15, 0.2) is 0 Å². The Morgan fingerprint density at radius 3 is 2.55 bits per heavy atom. The molecular formula is C22H26F3N3O3S2. The molecule has 1 fully saturated rings. The minimum atomic E-state index is -4.80. The molecule has 1 aliphatic rings. The summed E-state index contributed by atoms with van der Waals surface area (Å²) in [5, 5.41) is 2.66. The number of thioether (sulfide) groups is 1. The largest absolute Gasteiger partial charge is 0.573 e. The molecule has 0 saturated carbocycles. The van der Waals surface area contributed by atoms with E-state index in [-0.39, 0.29) is 29.7 Å². The highest BCUT2D eigenvalue weighted by Crippen LogP contribution is 2.26. The molecule has 1 aromatic carbocycles. The summed E-state index contributed by atoms with van der Waals surface area (Å²) in [6.45, 7) is 3.56. The Labute approximate surface area is 199 Å². The summed E-state index contributed by atoms with van der Waals surface area (Å²) < 4.78 is 41.7. The van der Waals surface area contributed by atoms with Crippen LogP contribution in [0.4, 0.5) is 13.2 Å². The van der Waals surface area contributed by atoms with Gasteiger partial charge in [-0.1, -0.05) is 18.2 Å². The molecule has 0 radical (unpaired) electrons. The van der Waals surface area contributed by atoms with Crippen LogP contribution >= 0.6 is 23.1 Å². The van der Waals surface area contributed by atoms with Gasteiger partial charge < -0.3 is 15.0 Å². The molecule has 11 heteroatoms. The number of alkyl halides is 3. The minimum Gasteiger partial charge on any atom is -0.405 e. The maximum absolute atomic E-state index is 12.6. The van der Waals surface area contributed by atoms with Crippen LogP contribution in [0, 0.1) is 0 Å². The van der Waals surface area contributed by atoms with E-state index >= 15 is 0 Å². The first-order valence-corrected chi connectivity index (χ1v) is 12.7. The van der Waals surface area contributed by atoms with Gasteiger partial charge in [0.25, 0.3) is 5.91 Å². The molecule has 0 spiro atoms. The van der Waals surface area contributed by atoms with Crippen LogP contribution in [0.5, 0.6) is 5.75 Å². The maximum atomic E-state index is 12.6. The number of hydrogen-bond donors (Lipinski definition) is 1. The molecule has 0 unspecified atom stereocenters. The lowest BCUT2D eigenvalue weighted by Gasteiger charge is -2.34. The number of para-hydroxylation sites is 1. The number of carbonyl (C=O) groups excluding carboxylic acids is 2. The van der Waals surface area contributed by atoms with Crippen molar-refractivity contribution in [3.05, 3.63) is 51.7 Å². The number of piperazine rings is 1. The van der Waals surface area contributed by atoms with Crippen LogP contribution in [-0.2, 0) is 17.9 Å². The summed E-state index contributed by atoms with van der Waals surface area (Å²) in [4.78, 5) is 30.3. The highest BCUT2D eigenvalue weighted by molar-refractivity contribution is 7.98. The Morgan fingerprint density at radius 2 is 1.85 bits per heavy atom. The van der Waals surface area contributed by atoms with Crippen molar-refractivity contribution in [3.8, 4) is 5.75 Å². The third-order valence-corrected chi connectivity index (χ3v) is 6.83. The first-order chi connectivity index (χ1) is 15.7. The van der Waals surface area contributed by atoms with Crippen molar-refractivity contribution in [2.75, 3.05) is 38.2 Å². The fourth-order valence-corrected chi connectivity index (χ4v) is 4.79. The Bertz CT molecular complexity index is 944. The number of thiophene rings is 1. The molecule has 0 bridgehead atoms. The molecule has 33 heavy (non-hydrogen) atoms. The van der Waals surface area contributed by atoms with Crippen molar-refractivity contribution in [3.63, 3.8) is 0 Å². The fourth-order valence-electron chi connectivity index (χ4n) is 3.44. The van der Waals surface area contributed by atoms with Crippen LogP contribution in [0.3, 0.4) is 0 Å². The van der Waals surface area contributed by atoms with Crippen molar-refractivity contribution in [1.29, 1.82) is 0 Å². The van der Waals surface area contributed by atoms with E-state index in [0.29, 0.717) is 30.9 Å². The van der Waals surface area contributed by atoms with Gasteiger partial charge in [-0.05, 0) is 24.5 Å². The summed E-state index contributed by atoms with van der Waals surface area (Å²) in [6, 6.07) is 9.33. The number of ether oxygens (including phenoxy) is 1. The lowest BCUT2D eigenvalue weighted by molar-refractivity contribution is -0.274. The molecule has 3 rings (SSSR count). The molecule has 2 aromatic rings. The van der Waals surface area contributed by atoms with Gasteiger partial charge in [-0.25, -0.2) is 0 Å². The van der Waals surface area contributed by atoms with Gasteiger partial charge in [0.2, 0.25) is 5.91 Å². The monoisotopic (exact) mass is 501 g/mol. The first kappa shape index (κ1) is 25.4. The Kier molecular flexibility index (Phi) is 9.04. The second kappa shape index (κ2) is 11.8. The van der Waals surface area contributed by atoms with E-state index in [2.05, 4.69) is 15.0 Å². The van der Waals surface area contributed by atoms with E-state index in [1.165, 1.54) is 29.5 Å². The smallest absolute Gasteiger partial charge is 0.405 e. The number of rotatable bonds is 9. The van der Waals surface area contributed by atoms with E-state index in [0.717, 1.165) is 23.7 Å². The van der Waals surface area contributed by atoms with Gasteiger partial charge >= 0.3 is 6.36 Å². The summed E-state index contributed by atoms with van der Waals surface area (Å²) >= 11 is 3.02. The molecule has 2 heterocycles. The molecule has 1 aromatic heterocycles. The van der Waals surface area contributed by atoms with E-state index in [1.54, 1.807) is 23.9 Å². The molecule has 6 nitrogen and oxygen atoms in total. The zero-order chi connectivity index (χ0) is 23.8. The third-order valence-electron chi connectivity index (χ3n) is 5.15. The number of nitrogens with one attached hydrogen (secondary N) is 1.